The number of nitrogens with zero attached hydrogens (tertiary/aromatic N) is 1. The standard InChI is InChI=1S/C11H12N2O4/c1-17-9-4-6(2-3-12-9)13-10(14)7-5-8(7)11(15)16/h2-4,7-8H,5H2,1H3,(H,15,16)(H,12,13,14). The van der Waals surface area contributed by atoms with E-state index in [9.17, 15) is 9.59 Å². The molecule has 1 aliphatic rings. The molecule has 1 amide bonds. The average molecular weight is 236 g/mol. The van der Waals surface area contributed by atoms with E-state index in [1.165, 1.54) is 13.3 Å². The molecule has 1 fully saturated rings. The van der Waals surface area contributed by atoms with Crippen LogP contribution in [0.5, 0.6) is 5.88 Å². The topological polar surface area (TPSA) is 88.5 Å². The number of amides is 1. The Hall–Kier alpha value is -2.11. The van der Waals surface area contributed by atoms with Gasteiger partial charge in [0.25, 0.3) is 0 Å². The Morgan fingerprint density at radius 3 is 2.88 bits per heavy atom. The molecule has 17 heavy (non-hydrogen) atoms. The number of ether oxygens (including phenoxy) is 1. The molecule has 2 rings (SSSR count). The number of nitrogens with one attached hydrogen (secondary N) is 1. The van der Waals surface area contributed by atoms with Crippen molar-refractivity contribution >= 4 is 17.6 Å². The van der Waals surface area contributed by atoms with Crippen molar-refractivity contribution in [1.29, 1.82) is 0 Å². The van der Waals surface area contributed by atoms with Gasteiger partial charge in [0.15, 0.2) is 0 Å². The number of aliphatic carboxylic acids is 1. The van der Waals surface area contributed by atoms with E-state index in [0.717, 1.165) is 0 Å². The van der Waals surface area contributed by atoms with Crippen LogP contribution in [0, 0.1) is 11.8 Å². The highest BCUT2D eigenvalue weighted by Gasteiger charge is 2.48. The first-order valence-electron chi connectivity index (χ1n) is 5.15. The summed E-state index contributed by atoms with van der Waals surface area (Å²) in [6.45, 7) is 0. The van der Waals surface area contributed by atoms with Crippen LogP contribution >= 0.6 is 0 Å². The highest BCUT2D eigenvalue weighted by molar-refractivity contribution is 5.98. The number of carboxylic acid groups (broad SMARTS) is 1. The van der Waals surface area contributed by atoms with E-state index in [1.54, 1.807) is 12.1 Å². The highest BCUT2D eigenvalue weighted by Crippen LogP contribution is 2.39. The van der Waals surface area contributed by atoms with Crippen LogP contribution in [0.3, 0.4) is 0 Å². The fourth-order valence-electron chi connectivity index (χ4n) is 1.59. The maximum Gasteiger partial charge on any atom is 0.307 e. The summed E-state index contributed by atoms with van der Waals surface area (Å²) in [7, 11) is 1.48. The van der Waals surface area contributed by atoms with Crippen LogP contribution in [0.4, 0.5) is 5.69 Å². The van der Waals surface area contributed by atoms with Crippen LogP contribution in [0.25, 0.3) is 0 Å². The van der Waals surface area contributed by atoms with Crippen molar-refractivity contribution in [3.8, 4) is 5.88 Å². The van der Waals surface area contributed by atoms with E-state index in [0.29, 0.717) is 18.0 Å². The number of rotatable bonds is 4. The summed E-state index contributed by atoms with van der Waals surface area (Å²) in [6.07, 6.45) is 1.92. The molecule has 0 radical (unpaired) electrons. The van der Waals surface area contributed by atoms with Gasteiger partial charge in [0.2, 0.25) is 11.8 Å². The maximum atomic E-state index is 11.7. The Bertz CT molecular complexity index is 461. The van der Waals surface area contributed by atoms with Crippen molar-refractivity contribution in [2.24, 2.45) is 11.8 Å². The van der Waals surface area contributed by atoms with E-state index >= 15 is 0 Å². The van der Waals surface area contributed by atoms with Crippen LogP contribution < -0.4 is 10.1 Å². The van der Waals surface area contributed by atoms with Gasteiger partial charge in [-0.3, -0.25) is 9.59 Å². The van der Waals surface area contributed by atoms with Crippen molar-refractivity contribution in [3.63, 3.8) is 0 Å². The number of carbonyl (C=O) groups is 2. The fraction of sp³-hybridized carbons (Fsp3) is 0.364. The van der Waals surface area contributed by atoms with E-state index < -0.39 is 17.8 Å². The zero-order chi connectivity index (χ0) is 12.4. The van der Waals surface area contributed by atoms with E-state index in [2.05, 4.69) is 10.3 Å². The number of carbonyl (C=O) groups excluding carboxylic acids is 1. The van der Waals surface area contributed by atoms with Crippen LogP contribution in [-0.2, 0) is 9.59 Å². The molecule has 2 unspecified atom stereocenters. The molecule has 0 saturated heterocycles. The normalized spacial score (nSPS) is 21.7. The molecule has 6 heteroatoms. The molecule has 2 atom stereocenters. The number of pyridine rings is 1. The maximum absolute atomic E-state index is 11.7. The summed E-state index contributed by atoms with van der Waals surface area (Å²) in [4.78, 5) is 26.2. The molecular formula is C11H12N2O4. The summed E-state index contributed by atoms with van der Waals surface area (Å²) >= 11 is 0. The predicted molar refractivity (Wildman–Crippen MR) is 58.7 cm³/mol. The molecule has 1 aliphatic carbocycles. The monoisotopic (exact) mass is 236 g/mol. The zero-order valence-electron chi connectivity index (χ0n) is 9.21. The summed E-state index contributed by atoms with van der Waals surface area (Å²) in [5.74, 6) is -1.76. The lowest BCUT2D eigenvalue weighted by Gasteiger charge is -2.05. The Kier molecular flexibility index (Phi) is 2.95. The molecule has 0 aliphatic heterocycles. The second-order valence-corrected chi connectivity index (χ2v) is 3.86. The first-order chi connectivity index (χ1) is 8.11. The smallest absolute Gasteiger partial charge is 0.307 e. The van der Waals surface area contributed by atoms with Crippen molar-refractivity contribution in [3.05, 3.63) is 18.3 Å². The second-order valence-electron chi connectivity index (χ2n) is 3.86. The summed E-state index contributed by atoms with van der Waals surface area (Å²) < 4.78 is 4.92. The van der Waals surface area contributed by atoms with Gasteiger partial charge in [0, 0.05) is 18.0 Å². The molecule has 90 valence electrons. The Labute approximate surface area is 97.6 Å². The molecule has 0 bridgehead atoms. The summed E-state index contributed by atoms with van der Waals surface area (Å²) in [5.41, 5.74) is 0.554. The lowest BCUT2D eigenvalue weighted by molar-refractivity contribution is -0.139. The number of anilines is 1. The van der Waals surface area contributed by atoms with Crippen LogP contribution in [0.2, 0.25) is 0 Å². The van der Waals surface area contributed by atoms with E-state index in [4.69, 9.17) is 9.84 Å². The van der Waals surface area contributed by atoms with Crippen LogP contribution in [0.1, 0.15) is 6.42 Å². The zero-order valence-corrected chi connectivity index (χ0v) is 9.21. The van der Waals surface area contributed by atoms with Gasteiger partial charge >= 0.3 is 5.97 Å². The quantitative estimate of drug-likeness (QED) is 0.805. The van der Waals surface area contributed by atoms with Crippen LogP contribution in [-0.4, -0.2) is 29.1 Å². The minimum absolute atomic E-state index is 0.273. The molecule has 0 spiro atoms. The summed E-state index contributed by atoms with van der Waals surface area (Å²) in [6, 6.07) is 3.20. The highest BCUT2D eigenvalue weighted by atomic mass is 16.5. The molecule has 1 aromatic heterocycles. The number of methoxy groups -OCH3 is 1. The second kappa shape index (κ2) is 4.40. The van der Waals surface area contributed by atoms with Crippen molar-refractivity contribution < 1.29 is 19.4 Å². The first kappa shape index (κ1) is 11.4. The van der Waals surface area contributed by atoms with Gasteiger partial charge in [-0.1, -0.05) is 0 Å². The summed E-state index contributed by atoms with van der Waals surface area (Å²) in [5, 5.41) is 11.4. The average Bonchev–Trinajstić information content (AvgIpc) is 3.09. The van der Waals surface area contributed by atoms with Gasteiger partial charge in [0.05, 0.1) is 18.9 Å². The predicted octanol–water partition coefficient (Wildman–Crippen LogP) is 0.749. The Morgan fingerprint density at radius 1 is 1.53 bits per heavy atom. The number of hydrogen-bond acceptors (Lipinski definition) is 4. The van der Waals surface area contributed by atoms with Crippen molar-refractivity contribution in [2.75, 3.05) is 12.4 Å². The minimum atomic E-state index is -0.919. The Balaban J connectivity index is 1.97. The van der Waals surface area contributed by atoms with Gasteiger partial charge < -0.3 is 15.2 Å². The fourth-order valence-corrected chi connectivity index (χ4v) is 1.59. The largest absolute Gasteiger partial charge is 0.481 e. The van der Waals surface area contributed by atoms with Gasteiger partial charge in [0.1, 0.15) is 0 Å². The lowest BCUT2D eigenvalue weighted by Crippen LogP contribution is -2.16. The Morgan fingerprint density at radius 2 is 2.29 bits per heavy atom. The molecule has 0 aromatic carbocycles. The van der Waals surface area contributed by atoms with Gasteiger partial charge in [-0.05, 0) is 12.5 Å². The number of aromatic nitrogens is 1. The lowest BCUT2D eigenvalue weighted by atomic mass is 10.3. The molecule has 2 N–H and O–H groups in total. The number of carboxylic acids is 1. The molecule has 1 aromatic rings. The van der Waals surface area contributed by atoms with Gasteiger partial charge in [-0.15, -0.1) is 0 Å². The minimum Gasteiger partial charge on any atom is -0.481 e. The van der Waals surface area contributed by atoms with Crippen LogP contribution in [0.15, 0.2) is 18.3 Å². The van der Waals surface area contributed by atoms with Crippen molar-refractivity contribution in [1.82, 2.24) is 4.98 Å². The molecule has 1 heterocycles. The third-order valence-electron chi connectivity index (χ3n) is 2.66. The SMILES string of the molecule is COc1cc(NC(=O)C2CC2C(=O)O)ccn1. The molecular weight excluding hydrogens is 224 g/mol. The van der Waals surface area contributed by atoms with E-state index in [1.807, 2.05) is 0 Å². The van der Waals surface area contributed by atoms with Crippen molar-refractivity contribution in [2.45, 2.75) is 6.42 Å². The molecule has 6 nitrogen and oxygen atoms in total. The third kappa shape index (κ3) is 2.52. The van der Waals surface area contributed by atoms with Gasteiger partial charge in [-0.25, -0.2) is 4.98 Å². The number of hydrogen-bond donors (Lipinski definition) is 2. The first-order valence-corrected chi connectivity index (χ1v) is 5.15. The third-order valence-corrected chi connectivity index (χ3v) is 2.66. The van der Waals surface area contributed by atoms with Gasteiger partial charge in [-0.2, -0.15) is 0 Å². The molecule has 1 saturated carbocycles. The van der Waals surface area contributed by atoms with E-state index in [-0.39, 0.29) is 5.91 Å².